The minimum Gasteiger partial charge on any atom is -0.338 e. The smallest absolute Gasteiger partial charge is 0.242 e. The van der Waals surface area contributed by atoms with E-state index in [-0.39, 0.29) is 16.9 Å². The summed E-state index contributed by atoms with van der Waals surface area (Å²) in [5, 5.41) is 3.61. The predicted octanol–water partition coefficient (Wildman–Crippen LogP) is 2.05. The Morgan fingerprint density at radius 1 is 1.18 bits per heavy atom. The van der Waals surface area contributed by atoms with Gasteiger partial charge < -0.3 is 10.3 Å². The van der Waals surface area contributed by atoms with Crippen LogP contribution < -0.4 is 5.73 Å². The quantitative estimate of drug-likeness (QED) is 0.905. The third-order valence-corrected chi connectivity index (χ3v) is 6.19. The first-order valence-electron chi connectivity index (χ1n) is 7.42. The zero-order valence-corrected chi connectivity index (χ0v) is 13.1. The SMILES string of the molecule is NCc1ccc(-c2noc(CS(=O)(=O)C3CCCC3)n2)cc1. The molecule has 0 unspecified atom stereocenters. The molecule has 1 saturated carbocycles. The van der Waals surface area contributed by atoms with Crippen molar-refractivity contribution in [3.8, 4) is 11.4 Å². The van der Waals surface area contributed by atoms with E-state index < -0.39 is 9.84 Å². The maximum Gasteiger partial charge on any atom is 0.242 e. The Labute approximate surface area is 129 Å². The molecule has 0 spiro atoms. The van der Waals surface area contributed by atoms with E-state index in [0.717, 1.165) is 36.8 Å². The van der Waals surface area contributed by atoms with Crippen LogP contribution in [0.3, 0.4) is 0 Å². The van der Waals surface area contributed by atoms with E-state index in [0.29, 0.717) is 12.4 Å². The van der Waals surface area contributed by atoms with Crippen LogP contribution in [0, 0.1) is 0 Å². The minimum atomic E-state index is -3.21. The lowest BCUT2D eigenvalue weighted by Gasteiger charge is -2.07. The summed E-state index contributed by atoms with van der Waals surface area (Å²) in [5.41, 5.74) is 7.35. The van der Waals surface area contributed by atoms with Gasteiger partial charge in [0.1, 0.15) is 5.75 Å². The maximum atomic E-state index is 12.3. The van der Waals surface area contributed by atoms with E-state index in [1.807, 2.05) is 24.3 Å². The van der Waals surface area contributed by atoms with Gasteiger partial charge in [-0.2, -0.15) is 4.98 Å². The third-order valence-electron chi connectivity index (χ3n) is 4.05. The molecule has 0 amide bonds. The molecule has 0 saturated heterocycles. The van der Waals surface area contributed by atoms with Crippen molar-refractivity contribution < 1.29 is 12.9 Å². The van der Waals surface area contributed by atoms with Crippen LogP contribution in [0.5, 0.6) is 0 Å². The number of benzene rings is 1. The summed E-state index contributed by atoms with van der Waals surface area (Å²) < 4.78 is 29.7. The molecule has 2 N–H and O–H groups in total. The van der Waals surface area contributed by atoms with Crippen molar-refractivity contribution in [3.63, 3.8) is 0 Å². The predicted molar refractivity (Wildman–Crippen MR) is 82.5 cm³/mol. The lowest BCUT2D eigenvalue weighted by atomic mass is 10.1. The normalized spacial score (nSPS) is 16.2. The fraction of sp³-hybridized carbons (Fsp3) is 0.467. The van der Waals surface area contributed by atoms with Gasteiger partial charge in [-0.25, -0.2) is 8.42 Å². The molecule has 0 aliphatic heterocycles. The molecule has 0 radical (unpaired) electrons. The standard InChI is InChI=1S/C15H19N3O3S/c16-9-11-5-7-12(8-6-11)15-17-14(21-18-15)10-22(19,20)13-3-1-2-4-13/h5-8,13H,1-4,9-10,16H2. The number of nitrogens with zero attached hydrogens (tertiary/aromatic N) is 2. The van der Waals surface area contributed by atoms with Crippen LogP contribution in [-0.2, 0) is 22.1 Å². The largest absolute Gasteiger partial charge is 0.338 e. The molecule has 0 atom stereocenters. The Morgan fingerprint density at radius 3 is 2.50 bits per heavy atom. The molecule has 22 heavy (non-hydrogen) atoms. The molecule has 1 aliphatic rings. The lowest BCUT2D eigenvalue weighted by molar-refractivity contribution is 0.389. The summed E-state index contributed by atoms with van der Waals surface area (Å²) in [6, 6.07) is 7.48. The molecule has 1 aliphatic carbocycles. The second-order valence-corrected chi connectivity index (χ2v) is 7.91. The summed E-state index contributed by atoms with van der Waals surface area (Å²) in [6.07, 6.45) is 3.44. The molecule has 0 bridgehead atoms. The molecular formula is C15H19N3O3S. The van der Waals surface area contributed by atoms with E-state index in [1.165, 1.54) is 0 Å². The summed E-state index contributed by atoms with van der Waals surface area (Å²) in [4.78, 5) is 4.20. The van der Waals surface area contributed by atoms with Crippen molar-refractivity contribution in [2.24, 2.45) is 5.73 Å². The van der Waals surface area contributed by atoms with Crippen molar-refractivity contribution in [3.05, 3.63) is 35.7 Å². The van der Waals surface area contributed by atoms with Gasteiger partial charge in [-0.1, -0.05) is 42.3 Å². The Kier molecular flexibility index (Phi) is 4.26. The van der Waals surface area contributed by atoms with Crippen LogP contribution in [0.4, 0.5) is 0 Å². The fourth-order valence-electron chi connectivity index (χ4n) is 2.76. The Bertz CT molecular complexity index is 732. The average molecular weight is 321 g/mol. The van der Waals surface area contributed by atoms with Crippen LogP contribution >= 0.6 is 0 Å². The van der Waals surface area contributed by atoms with Crippen molar-refractivity contribution >= 4 is 9.84 Å². The summed E-state index contributed by atoms with van der Waals surface area (Å²) in [7, 11) is -3.21. The lowest BCUT2D eigenvalue weighted by Crippen LogP contribution is -2.19. The van der Waals surface area contributed by atoms with Gasteiger partial charge in [0.05, 0.1) is 5.25 Å². The fourth-order valence-corrected chi connectivity index (χ4v) is 4.51. The Morgan fingerprint density at radius 2 is 1.86 bits per heavy atom. The first-order chi connectivity index (χ1) is 10.6. The van der Waals surface area contributed by atoms with Crippen molar-refractivity contribution in [1.29, 1.82) is 0 Å². The minimum absolute atomic E-state index is 0.157. The topological polar surface area (TPSA) is 99.1 Å². The second kappa shape index (κ2) is 6.18. The monoisotopic (exact) mass is 321 g/mol. The number of hydrogen-bond acceptors (Lipinski definition) is 6. The highest BCUT2D eigenvalue weighted by atomic mass is 32.2. The van der Waals surface area contributed by atoms with E-state index in [9.17, 15) is 8.42 Å². The highest BCUT2D eigenvalue weighted by molar-refractivity contribution is 7.91. The van der Waals surface area contributed by atoms with Gasteiger partial charge in [0.15, 0.2) is 9.84 Å². The average Bonchev–Trinajstić information content (AvgIpc) is 3.18. The maximum absolute atomic E-state index is 12.3. The molecule has 1 aromatic carbocycles. The van der Waals surface area contributed by atoms with Gasteiger partial charge in [-0.15, -0.1) is 0 Å². The second-order valence-electron chi connectivity index (χ2n) is 5.63. The zero-order valence-electron chi connectivity index (χ0n) is 12.2. The third kappa shape index (κ3) is 3.20. The van der Waals surface area contributed by atoms with Crippen LogP contribution in [-0.4, -0.2) is 23.8 Å². The number of nitrogens with two attached hydrogens (primary N) is 1. The summed E-state index contributed by atoms with van der Waals surface area (Å²) in [5.74, 6) is 0.385. The number of hydrogen-bond donors (Lipinski definition) is 1. The van der Waals surface area contributed by atoms with Gasteiger partial charge in [0.2, 0.25) is 11.7 Å². The molecule has 118 valence electrons. The van der Waals surface area contributed by atoms with E-state index in [4.69, 9.17) is 10.3 Å². The van der Waals surface area contributed by atoms with Crippen LogP contribution in [0.25, 0.3) is 11.4 Å². The highest BCUT2D eigenvalue weighted by Gasteiger charge is 2.30. The zero-order chi connectivity index (χ0) is 15.6. The molecule has 2 aromatic rings. The molecule has 1 aromatic heterocycles. The first kappa shape index (κ1) is 15.2. The van der Waals surface area contributed by atoms with E-state index in [2.05, 4.69) is 10.1 Å². The number of rotatable bonds is 5. The van der Waals surface area contributed by atoms with Crippen molar-refractivity contribution in [2.45, 2.75) is 43.2 Å². The molecule has 3 rings (SSSR count). The summed E-state index contributed by atoms with van der Waals surface area (Å²) >= 11 is 0. The first-order valence-corrected chi connectivity index (χ1v) is 9.13. The van der Waals surface area contributed by atoms with Crippen LogP contribution in [0.15, 0.2) is 28.8 Å². The van der Waals surface area contributed by atoms with E-state index >= 15 is 0 Å². The molecular weight excluding hydrogens is 302 g/mol. The number of aromatic nitrogens is 2. The number of sulfone groups is 1. The van der Waals surface area contributed by atoms with Crippen molar-refractivity contribution in [1.82, 2.24) is 10.1 Å². The molecule has 7 heteroatoms. The highest BCUT2D eigenvalue weighted by Crippen LogP contribution is 2.27. The van der Waals surface area contributed by atoms with Crippen molar-refractivity contribution in [2.75, 3.05) is 0 Å². The van der Waals surface area contributed by atoms with Gasteiger partial charge in [0.25, 0.3) is 0 Å². The van der Waals surface area contributed by atoms with Gasteiger partial charge in [-0.3, -0.25) is 0 Å². The van der Waals surface area contributed by atoms with Gasteiger partial charge in [0, 0.05) is 12.1 Å². The van der Waals surface area contributed by atoms with Crippen LogP contribution in [0.1, 0.15) is 37.1 Å². The molecule has 1 heterocycles. The Hall–Kier alpha value is -1.73. The summed E-state index contributed by atoms with van der Waals surface area (Å²) in [6.45, 7) is 0.470. The Balaban J connectivity index is 1.75. The van der Waals surface area contributed by atoms with Gasteiger partial charge >= 0.3 is 0 Å². The molecule has 6 nitrogen and oxygen atoms in total. The van der Waals surface area contributed by atoms with Crippen LogP contribution in [0.2, 0.25) is 0 Å². The van der Waals surface area contributed by atoms with Gasteiger partial charge in [-0.05, 0) is 18.4 Å². The van der Waals surface area contributed by atoms with E-state index in [1.54, 1.807) is 0 Å². The molecule has 1 fully saturated rings.